The van der Waals surface area contributed by atoms with Crippen LogP contribution in [0.25, 0.3) is 0 Å². The lowest BCUT2D eigenvalue weighted by atomic mass is 10.1. The van der Waals surface area contributed by atoms with E-state index in [9.17, 15) is 22.0 Å². The van der Waals surface area contributed by atoms with Gasteiger partial charge in [0.15, 0.2) is 23.3 Å². The van der Waals surface area contributed by atoms with Crippen molar-refractivity contribution in [3.05, 3.63) is 29.1 Å². The first-order valence-corrected chi connectivity index (χ1v) is 6.47. The number of anilines is 1. The highest BCUT2D eigenvalue weighted by atomic mass is 19.2. The fourth-order valence-electron chi connectivity index (χ4n) is 2.43. The smallest absolute Gasteiger partial charge is 0.200 e. The molecule has 0 saturated carbocycles. The molecule has 0 radical (unpaired) electrons. The Morgan fingerprint density at radius 1 is 1.00 bits per heavy atom. The lowest BCUT2D eigenvalue weighted by Gasteiger charge is -2.27. The van der Waals surface area contributed by atoms with E-state index < -0.39 is 34.8 Å². The zero-order valence-corrected chi connectivity index (χ0v) is 10.9. The first-order chi connectivity index (χ1) is 9.47. The number of hydrogen-bond donors (Lipinski definition) is 1. The predicted octanol–water partition coefficient (Wildman–Crippen LogP) is 2.96. The van der Waals surface area contributed by atoms with Crippen molar-refractivity contribution >= 4 is 5.69 Å². The van der Waals surface area contributed by atoms with E-state index in [-0.39, 0.29) is 19.1 Å². The highest BCUT2D eigenvalue weighted by Crippen LogP contribution is 2.30. The summed E-state index contributed by atoms with van der Waals surface area (Å²) in [5, 5.41) is 3.12. The number of hydrogen-bond acceptors (Lipinski definition) is 2. The van der Waals surface area contributed by atoms with Crippen LogP contribution < -0.4 is 10.2 Å². The van der Waals surface area contributed by atoms with Crippen LogP contribution in [0.2, 0.25) is 0 Å². The summed E-state index contributed by atoms with van der Waals surface area (Å²) in [6, 6.07) is -0.00933. The minimum Gasteiger partial charge on any atom is -0.365 e. The molecule has 7 heteroatoms. The maximum atomic E-state index is 13.7. The molecule has 0 aromatic heterocycles. The number of halogens is 5. The van der Waals surface area contributed by atoms with Crippen LogP contribution in [0.1, 0.15) is 19.8 Å². The molecule has 1 heterocycles. The average Bonchev–Trinajstić information content (AvgIpc) is 2.95. The van der Waals surface area contributed by atoms with E-state index in [1.165, 1.54) is 4.90 Å². The van der Waals surface area contributed by atoms with Gasteiger partial charge < -0.3 is 10.2 Å². The molecular weight excluding hydrogens is 279 g/mol. The van der Waals surface area contributed by atoms with Crippen LogP contribution in [0.15, 0.2) is 0 Å². The van der Waals surface area contributed by atoms with E-state index >= 15 is 0 Å². The molecule has 0 bridgehead atoms. The zero-order chi connectivity index (χ0) is 14.9. The van der Waals surface area contributed by atoms with Crippen molar-refractivity contribution in [2.75, 3.05) is 24.5 Å². The van der Waals surface area contributed by atoms with Crippen molar-refractivity contribution in [3.8, 4) is 0 Å². The summed E-state index contributed by atoms with van der Waals surface area (Å²) in [5.41, 5.74) is -0.849. The average molecular weight is 294 g/mol. The fraction of sp³-hybridized carbons (Fsp3) is 0.538. The molecule has 20 heavy (non-hydrogen) atoms. The summed E-state index contributed by atoms with van der Waals surface area (Å²) in [6.07, 6.45) is 1.74. The third-order valence-electron chi connectivity index (χ3n) is 3.49. The maximum Gasteiger partial charge on any atom is 0.200 e. The summed E-state index contributed by atoms with van der Waals surface area (Å²) in [4.78, 5) is 1.18. The molecule has 2 rings (SSSR count). The molecule has 1 aromatic rings. The highest BCUT2D eigenvalue weighted by Gasteiger charge is 2.29. The highest BCUT2D eigenvalue weighted by molar-refractivity contribution is 5.50. The summed E-state index contributed by atoms with van der Waals surface area (Å²) in [5.74, 6) is -9.49. The second-order valence-electron chi connectivity index (χ2n) is 4.75. The largest absolute Gasteiger partial charge is 0.365 e. The SMILES string of the molecule is CCN(CC1CCCN1)c1c(F)c(F)c(F)c(F)c1F. The van der Waals surface area contributed by atoms with Crippen LogP contribution in [0.5, 0.6) is 0 Å². The molecule has 1 unspecified atom stereocenters. The molecule has 0 amide bonds. The Labute approximate surface area is 113 Å². The molecule has 0 aliphatic carbocycles. The van der Waals surface area contributed by atoms with Crippen LogP contribution in [-0.2, 0) is 0 Å². The van der Waals surface area contributed by atoms with E-state index in [1.807, 2.05) is 0 Å². The second-order valence-corrected chi connectivity index (χ2v) is 4.75. The van der Waals surface area contributed by atoms with Gasteiger partial charge in [0, 0.05) is 19.1 Å². The Hall–Kier alpha value is -1.37. The van der Waals surface area contributed by atoms with Gasteiger partial charge in [-0.15, -0.1) is 0 Å². The summed E-state index contributed by atoms with van der Waals surface area (Å²) < 4.78 is 66.9. The molecule has 1 fully saturated rings. The molecule has 112 valence electrons. The topological polar surface area (TPSA) is 15.3 Å². The first kappa shape index (κ1) is 15.0. The Morgan fingerprint density at radius 2 is 1.55 bits per heavy atom. The molecule has 1 saturated heterocycles. The van der Waals surface area contributed by atoms with Crippen LogP contribution in [0.4, 0.5) is 27.6 Å². The van der Waals surface area contributed by atoms with Gasteiger partial charge in [0.25, 0.3) is 0 Å². The number of nitrogens with one attached hydrogen (secondary N) is 1. The van der Waals surface area contributed by atoms with Crippen LogP contribution in [0, 0.1) is 29.1 Å². The van der Waals surface area contributed by atoms with Crippen molar-refractivity contribution < 1.29 is 22.0 Å². The standard InChI is InChI=1S/C13H15F5N2/c1-2-20(6-7-4-3-5-19-7)13-11(17)9(15)8(14)10(16)12(13)18/h7,19H,2-6H2,1H3. The van der Waals surface area contributed by atoms with E-state index in [2.05, 4.69) is 5.32 Å². The van der Waals surface area contributed by atoms with Gasteiger partial charge in [0.1, 0.15) is 5.69 Å². The Balaban J connectivity index is 2.38. The summed E-state index contributed by atoms with van der Waals surface area (Å²) >= 11 is 0. The maximum absolute atomic E-state index is 13.7. The predicted molar refractivity (Wildman–Crippen MR) is 65.1 cm³/mol. The van der Waals surface area contributed by atoms with E-state index in [4.69, 9.17) is 0 Å². The zero-order valence-electron chi connectivity index (χ0n) is 10.9. The van der Waals surface area contributed by atoms with Gasteiger partial charge >= 0.3 is 0 Å². The van der Waals surface area contributed by atoms with Gasteiger partial charge in [0.2, 0.25) is 5.82 Å². The third-order valence-corrected chi connectivity index (χ3v) is 3.49. The number of nitrogens with zero attached hydrogens (tertiary/aromatic N) is 1. The number of rotatable bonds is 4. The molecule has 1 aromatic carbocycles. The van der Waals surface area contributed by atoms with Gasteiger partial charge in [-0.25, -0.2) is 22.0 Å². The molecule has 1 aliphatic rings. The monoisotopic (exact) mass is 294 g/mol. The Kier molecular flexibility index (Phi) is 4.47. The molecule has 2 nitrogen and oxygen atoms in total. The Morgan fingerprint density at radius 3 is 2.00 bits per heavy atom. The fourth-order valence-corrected chi connectivity index (χ4v) is 2.43. The van der Waals surface area contributed by atoms with Crippen molar-refractivity contribution in [2.45, 2.75) is 25.8 Å². The lowest BCUT2D eigenvalue weighted by Crippen LogP contribution is -2.38. The van der Waals surface area contributed by atoms with Crippen molar-refractivity contribution in [2.24, 2.45) is 0 Å². The molecular formula is C13H15F5N2. The minimum absolute atomic E-state index is 0.00933. The third kappa shape index (κ3) is 2.59. The van der Waals surface area contributed by atoms with Crippen LogP contribution in [-0.4, -0.2) is 25.7 Å². The van der Waals surface area contributed by atoms with Gasteiger partial charge in [-0.3, -0.25) is 0 Å². The normalized spacial score (nSPS) is 18.6. The number of likely N-dealkylation sites (N-methyl/N-ethyl adjacent to an activating group) is 1. The number of benzene rings is 1. The lowest BCUT2D eigenvalue weighted by molar-refractivity contribution is 0.377. The molecule has 0 spiro atoms. The molecule has 1 atom stereocenters. The van der Waals surface area contributed by atoms with E-state index in [0.717, 1.165) is 19.4 Å². The van der Waals surface area contributed by atoms with Gasteiger partial charge in [-0.1, -0.05) is 0 Å². The molecule has 1 aliphatic heterocycles. The van der Waals surface area contributed by atoms with Crippen molar-refractivity contribution in [3.63, 3.8) is 0 Å². The Bertz CT molecular complexity index is 471. The van der Waals surface area contributed by atoms with Crippen LogP contribution in [0.3, 0.4) is 0 Å². The van der Waals surface area contributed by atoms with Crippen molar-refractivity contribution in [1.29, 1.82) is 0 Å². The molecule has 1 N–H and O–H groups in total. The quantitative estimate of drug-likeness (QED) is 0.522. The minimum atomic E-state index is -2.13. The van der Waals surface area contributed by atoms with Gasteiger partial charge in [-0.05, 0) is 26.3 Å². The van der Waals surface area contributed by atoms with Gasteiger partial charge in [-0.2, -0.15) is 0 Å². The van der Waals surface area contributed by atoms with E-state index in [0.29, 0.717) is 0 Å². The second kappa shape index (κ2) is 5.95. The van der Waals surface area contributed by atoms with E-state index in [1.54, 1.807) is 6.92 Å². The summed E-state index contributed by atoms with van der Waals surface area (Å²) in [7, 11) is 0. The van der Waals surface area contributed by atoms with Crippen molar-refractivity contribution in [1.82, 2.24) is 5.32 Å². The van der Waals surface area contributed by atoms with Gasteiger partial charge in [0.05, 0.1) is 0 Å². The summed E-state index contributed by atoms with van der Waals surface area (Å²) in [6.45, 7) is 2.75. The van der Waals surface area contributed by atoms with Crippen LogP contribution >= 0.6 is 0 Å². The first-order valence-electron chi connectivity index (χ1n) is 6.47.